The van der Waals surface area contributed by atoms with Crippen LogP contribution in [-0.4, -0.2) is 46.6 Å². The van der Waals surface area contributed by atoms with E-state index in [0.29, 0.717) is 0 Å². The van der Waals surface area contributed by atoms with E-state index in [1.807, 2.05) is 0 Å². The highest BCUT2D eigenvalue weighted by atomic mass is 16.8. The first-order valence-corrected chi connectivity index (χ1v) is 4.51. The van der Waals surface area contributed by atoms with Crippen LogP contribution in [0.2, 0.25) is 0 Å². The van der Waals surface area contributed by atoms with Gasteiger partial charge in [-0.1, -0.05) is 0 Å². The number of ether oxygens (including phenoxy) is 3. The number of fused-ring (bicyclic) bond motifs is 4. The summed E-state index contributed by atoms with van der Waals surface area (Å²) in [5, 5.41) is 18.9. The fourth-order valence-electron chi connectivity index (χ4n) is 2.36. The van der Waals surface area contributed by atoms with Crippen LogP contribution >= 0.6 is 0 Å². The Kier molecular flexibility index (Phi) is 1.51. The number of aliphatic hydroxyl groups is 2. The normalized spacial score (nSPS) is 55.7. The molecule has 5 atom stereocenters. The van der Waals surface area contributed by atoms with Crippen molar-refractivity contribution in [3.63, 3.8) is 0 Å². The lowest BCUT2D eigenvalue weighted by Crippen LogP contribution is -2.47. The van der Waals surface area contributed by atoms with Crippen molar-refractivity contribution < 1.29 is 29.2 Å². The van der Waals surface area contributed by atoms with E-state index in [1.54, 1.807) is 0 Å². The molecule has 1 aliphatic carbocycles. The molecule has 0 spiro atoms. The SMILES string of the molecule is O=C1OC2CC1(O)CC1OC(O)OC21. The first-order valence-electron chi connectivity index (χ1n) is 4.51. The molecule has 0 radical (unpaired) electrons. The Labute approximate surface area is 79.4 Å². The quantitative estimate of drug-likeness (QED) is 0.465. The van der Waals surface area contributed by atoms with Gasteiger partial charge in [0.15, 0.2) is 5.60 Å². The van der Waals surface area contributed by atoms with E-state index in [-0.39, 0.29) is 12.8 Å². The molecule has 0 amide bonds. The van der Waals surface area contributed by atoms with Crippen LogP contribution in [0.5, 0.6) is 0 Å². The van der Waals surface area contributed by atoms with Crippen molar-refractivity contribution in [2.24, 2.45) is 0 Å². The molecule has 2 saturated heterocycles. The van der Waals surface area contributed by atoms with Gasteiger partial charge >= 0.3 is 5.97 Å². The first kappa shape index (κ1) is 8.60. The molecule has 78 valence electrons. The summed E-state index contributed by atoms with van der Waals surface area (Å²) < 4.78 is 15.0. The highest BCUT2D eigenvalue weighted by Crippen LogP contribution is 2.43. The Bertz CT molecular complexity index is 292. The van der Waals surface area contributed by atoms with Crippen LogP contribution in [0.4, 0.5) is 0 Å². The third-order valence-corrected chi connectivity index (χ3v) is 3.01. The van der Waals surface area contributed by atoms with E-state index < -0.39 is 36.4 Å². The van der Waals surface area contributed by atoms with E-state index in [9.17, 15) is 9.90 Å². The van der Waals surface area contributed by atoms with Gasteiger partial charge < -0.3 is 24.4 Å². The number of hydrogen-bond donors (Lipinski definition) is 2. The minimum atomic E-state index is -1.45. The van der Waals surface area contributed by atoms with E-state index >= 15 is 0 Å². The molecule has 3 aliphatic rings. The molecular formula is C8H10O6. The van der Waals surface area contributed by atoms with Crippen LogP contribution in [0.15, 0.2) is 0 Å². The number of aliphatic hydroxyl groups excluding tert-OH is 1. The van der Waals surface area contributed by atoms with Crippen LogP contribution in [0, 0.1) is 0 Å². The third kappa shape index (κ3) is 0.964. The number of hydrogen-bond acceptors (Lipinski definition) is 6. The van der Waals surface area contributed by atoms with Crippen molar-refractivity contribution in [3.05, 3.63) is 0 Å². The number of carbonyl (C=O) groups excluding carboxylic acids is 1. The molecule has 0 aromatic carbocycles. The van der Waals surface area contributed by atoms with Crippen molar-refractivity contribution in [1.82, 2.24) is 0 Å². The summed E-state index contributed by atoms with van der Waals surface area (Å²) in [6, 6.07) is 0. The highest BCUT2D eigenvalue weighted by molar-refractivity contribution is 5.82. The van der Waals surface area contributed by atoms with Crippen LogP contribution in [0.25, 0.3) is 0 Å². The molecule has 2 aliphatic heterocycles. The zero-order chi connectivity index (χ0) is 9.92. The fraction of sp³-hybridized carbons (Fsp3) is 0.875. The second-order valence-corrected chi connectivity index (χ2v) is 3.97. The second-order valence-electron chi connectivity index (χ2n) is 3.97. The summed E-state index contributed by atoms with van der Waals surface area (Å²) in [4.78, 5) is 11.2. The van der Waals surface area contributed by atoms with Gasteiger partial charge in [-0.05, 0) is 0 Å². The van der Waals surface area contributed by atoms with Crippen LogP contribution in [0.1, 0.15) is 12.8 Å². The zero-order valence-corrected chi connectivity index (χ0v) is 7.25. The second kappa shape index (κ2) is 2.46. The van der Waals surface area contributed by atoms with Crippen molar-refractivity contribution in [2.75, 3.05) is 0 Å². The summed E-state index contributed by atoms with van der Waals surface area (Å²) in [6.07, 6.45) is -1.05. The molecule has 6 nitrogen and oxygen atoms in total. The van der Waals surface area contributed by atoms with E-state index in [4.69, 9.17) is 19.3 Å². The maximum atomic E-state index is 11.2. The van der Waals surface area contributed by atoms with E-state index in [0.717, 1.165) is 0 Å². The maximum absolute atomic E-state index is 11.2. The molecule has 3 rings (SSSR count). The van der Waals surface area contributed by atoms with E-state index in [2.05, 4.69) is 0 Å². The molecule has 0 aromatic rings. The summed E-state index contributed by atoms with van der Waals surface area (Å²) in [5.41, 5.74) is -1.45. The lowest BCUT2D eigenvalue weighted by Gasteiger charge is -2.29. The summed E-state index contributed by atoms with van der Waals surface area (Å²) in [5.74, 6) is -0.612. The molecule has 14 heavy (non-hydrogen) atoms. The molecule has 2 N–H and O–H groups in total. The predicted molar refractivity (Wildman–Crippen MR) is 39.8 cm³/mol. The lowest BCUT2D eigenvalue weighted by atomic mass is 9.82. The zero-order valence-electron chi connectivity index (χ0n) is 7.25. The van der Waals surface area contributed by atoms with Gasteiger partial charge in [0.25, 0.3) is 6.48 Å². The smallest absolute Gasteiger partial charge is 0.338 e. The van der Waals surface area contributed by atoms with Crippen LogP contribution in [0.3, 0.4) is 0 Å². The molecule has 2 bridgehead atoms. The first-order chi connectivity index (χ1) is 6.58. The minimum Gasteiger partial charge on any atom is -0.457 e. The van der Waals surface area contributed by atoms with Gasteiger partial charge in [0, 0.05) is 12.8 Å². The number of esters is 1. The summed E-state index contributed by atoms with van der Waals surface area (Å²) in [7, 11) is 0. The standard InChI is InChI=1S/C8H10O6/c9-6-8(11)1-3(12-6)5-4(2-8)13-7(10)14-5/h3-5,7,10-11H,1-2H2. The molecule has 0 aromatic heterocycles. The average molecular weight is 202 g/mol. The average Bonchev–Trinajstić information content (AvgIpc) is 2.54. The Morgan fingerprint density at radius 3 is 2.79 bits per heavy atom. The van der Waals surface area contributed by atoms with Gasteiger partial charge in [0.05, 0.1) is 6.10 Å². The van der Waals surface area contributed by atoms with Crippen molar-refractivity contribution in [1.29, 1.82) is 0 Å². The Morgan fingerprint density at radius 2 is 2.00 bits per heavy atom. The molecule has 5 unspecified atom stereocenters. The Hall–Kier alpha value is -0.690. The maximum Gasteiger partial charge on any atom is 0.338 e. The fourth-order valence-corrected chi connectivity index (χ4v) is 2.36. The van der Waals surface area contributed by atoms with Gasteiger partial charge in [0.2, 0.25) is 0 Å². The number of carbonyl (C=O) groups is 1. The Balaban J connectivity index is 1.90. The number of rotatable bonds is 0. The van der Waals surface area contributed by atoms with Gasteiger partial charge in [0.1, 0.15) is 12.2 Å². The largest absolute Gasteiger partial charge is 0.457 e. The Morgan fingerprint density at radius 1 is 1.29 bits per heavy atom. The van der Waals surface area contributed by atoms with Crippen LogP contribution in [-0.2, 0) is 19.0 Å². The molecule has 6 heteroatoms. The predicted octanol–water partition coefficient (Wildman–Crippen LogP) is -1.50. The molecular weight excluding hydrogens is 192 g/mol. The monoisotopic (exact) mass is 202 g/mol. The van der Waals surface area contributed by atoms with Gasteiger partial charge in [-0.25, -0.2) is 4.79 Å². The van der Waals surface area contributed by atoms with Crippen molar-refractivity contribution in [2.45, 2.75) is 43.2 Å². The molecule has 3 fully saturated rings. The van der Waals surface area contributed by atoms with Crippen molar-refractivity contribution >= 4 is 5.97 Å². The molecule has 1 saturated carbocycles. The summed E-state index contributed by atoms with van der Waals surface area (Å²) in [6.45, 7) is -1.27. The molecule has 2 heterocycles. The van der Waals surface area contributed by atoms with Crippen molar-refractivity contribution in [3.8, 4) is 0 Å². The van der Waals surface area contributed by atoms with Crippen LogP contribution < -0.4 is 0 Å². The minimum absolute atomic E-state index is 0.129. The van der Waals surface area contributed by atoms with Gasteiger partial charge in [-0.3, -0.25) is 0 Å². The lowest BCUT2D eigenvalue weighted by molar-refractivity contribution is -0.217. The van der Waals surface area contributed by atoms with Gasteiger partial charge in [-0.15, -0.1) is 0 Å². The highest BCUT2D eigenvalue weighted by Gasteiger charge is 2.61. The topological polar surface area (TPSA) is 85.2 Å². The van der Waals surface area contributed by atoms with Gasteiger partial charge in [-0.2, -0.15) is 0 Å². The summed E-state index contributed by atoms with van der Waals surface area (Å²) >= 11 is 0. The third-order valence-electron chi connectivity index (χ3n) is 3.01. The van der Waals surface area contributed by atoms with E-state index in [1.165, 1.54) is 0 Å².